The predicted molar refractivity (Wildman–Crippen MR) is 120 cm³/mol. The number of hydrogen-bond acceptors (Lipinski definition) is 4. The van der Waals surface area contributed by atoms with Gasteiger partial charge in [0.05, 0.1) is 6.54 Å². The third kappa shape index (κ3) is 8.23. The molecule has 0 unspecified atom stereocenters. The number of guanidine groups is 1. The maximum absolute atomic E-state index is 4.72. The summed E-state index contributed by atoms with van der Waals surface area (Å²) >= 11 is 1.87. The minimum Gasteiger partial charge on any atom is -0.357 e. The van der Waals surface area contributed by atoms with E-state index >= 15 is 0 Å². The van der Waals surface area contributed by atoms with Crippen molar-refractivity contribution in [2.24, 2.45) is 4.99 Å². The van der Waals surface area contributed by atoms with Crippen LogP contribution in [0, 0.1) is 0 Å². The normalized spacial score (nSPS) is 16.5. The number of aryl methyl sites for hydroxylation is 1. The van der Waals surface area contributed by atoms with Crippen molar-refractivity contribution in [2.75, 3.05) is 52.4 Å². The number of aliphatic imine (C=N–C) groups is 1. The van der Waals surface area contributed by atoms with Crippen LogP contribution in [0.1, 0.15) is 30.5 Å². The summed E-state index contributed by atoms with van der Waals surface area (Å²) < 4.78 is 0. The van der Waals surface area contributed by atoms with Crippen LogP contribution in [-0.2, 0) is 13.0 Å². The molecule has 7 heteroatoms. The quantitative estimate of drug-likeness (QED) is 0.342. The van der Waals surface area contributed by atoms with Crippen LogP contribution in [0.4, 0.5) is 0 Å². The Hall–Kier alpha value is -0.380. The average molecular weight is 479 g/mol. The van der Waals surface area contributed by atoms with E-state index in [2.05, 4.69) is 53.3 Å². The van der Waals surface area contributed by atoms with E-state index in [0.717, 1.165) is 38.6 Å². The fraction of sp³-hybridized carbons (Fsp3) is 0.722. The summed E-state index contributed by atoms with van der Waals surface area (Å²) in [5, 5.41) is 6.82. The van der Waals surface area contributed by atoms with E-state index in [1.807, 2.05) is 11.3 Å². The zero-order valence-corrected chi connectivity index (χ0v) is 19.0. The lowest BCUT2D eigenvalue weighted by Crippen LogP contribution is -2.49. The van der Waals surface area contributed by atoms with Gasteiger partial charge in [-0.15, -0.1) is 35.3 Å². The molecule has 0 bridgehead atoms. The molecule has 1 aromatic heterocycles. The monoisotopic (exact) mass is 479 g/mol. The van der Waals surface area contributed by atoms with Crippen LogP contribution in [0.3, 0.4) is 0 Å². The second kappa shape index (κ2) is 12.9. The van der Waals surface area contributed by atoms with Crippen LogP contribution in [0.25, 0.3) is 0 Å². The highest BCUT2D eigenvalue weighted by molar-refractivity contribution is 14.0. The number of halogens is 1. The minimum absolute atomic E-state index is 0. The number of rotatable bonds is 8. The lowest BCUT2D eigenvalue weighted by atomic mass is 10.3. The van der Waals surface area contributed by atoms with Crippen LogP contribution in [0.2, 0.25) is 0 Å². The first-order valence-electron chi connectivity index (χ1n) is 9.29. The molecule has 1 aliphatic rings. The van der Waals surface area contributed by atoms with Gasteiger partial charge in [0.1, 0.15) is 0 Å². The van der Waals surface area contributed by atoms with Crippen LogP contribution >= 0.6 is 35.3 Å². The summed E-state index contributed by atoms with van der Waals surface area (Å²) in [7, 11) is 0. The first-order chi connectivity index (χ1) is 11.7. The molecule has 144 valence electrons. The van der Waals surface area contributed by atoms with Crippen molar-refractivity contribution in [3.05, 3.63) is 21.9 Å². The Labute approximate surface area is 174 Å². The smallest absolute Gasteiger partial charge is 0.191 e. The second-order valence-corrected chi connectivity index (χ2v) is 7.37. The van der Waals surface area contributed by atoms with Gasteiger partial charge in [0, 0.05) is 55.6 Å². The van der Waals surface area contributed by atoms with Gasteiger partial charge >= 0.3 is 0 Å². The van der Waals surface area contributed by atoms with Crippen molar-refractivity contribution < 1.29 is 0 Å². The number of likely N-dealkylation sites (N-methyl/N-ethyl adjacent to an activating group) is 1. The molecule has 2 heterocycles. The summed E-state index contributed by atoms with van der Waals surface area (Å²) in [6, 6.07) is 4.41. The zero-order chi connectivity index (χ0) is 17.2. The Balaban J connectivity index is 0.00000312. The Morgan fingerprint density at radius 2 is 1.72 bits per heavy atom. The number of nitrogens with one attached hydrogen (secondary N) is 2. The Morgan fingerprint density at radius 3 is 2.32 bits per heavy atom. The number of piperazine rings is 1. The standard InChI is InChI=1S/C18H33N5S.HI/c1-4-16-7-8-17(24-16)15-21-18(19-5-2)20-9-10-23-13-11-22(6-3)12-14-23;/h7-8H,4-6,9-15H2,1-3H3,(H2,19,20,21);1H. The van der Waals surface area contributed by atoms with E-state index in [-0.39, 0.29) is 24.0 Å². The van der Waals surface area contributed by atoms with Crippen LogP contribution in [0.15, 0.2) is 17.1 Å². The third-order valence-electron chi connectivity index (χ3n) is 4.44. The topological polar surface area (TPSA) is 42.9 Å². The molecule has 0 aliphatic carbocycles. The summed E-state index contributed by atoms with van der Waals surface area (Å²) in [5.41, 5.74) is 0. The van der Waals surface area contributed by atoms with Gasteiger partial charge in [-0.25, -0.2) is 4.99 Å². The number of thiophene rings is 1. The van der Waals surface area contributed by atoms with Gasteiger partial charge in [-0.05, 0) is 32.0 Å². The largest absolute Gasteiger partial charge is 0.357 e. The lowest BCUT2D eigenvalue weighted by Gasteiger charge is -2.34. The molecule has 1 saturated heterocycles. The van der Waals surface area contributed by atoms with Crippen molar-refractivity contribution in [3.8, 4) is 0 Å². The highest BCUT2D eigenvalue weighted by atomic mass is 127. The van der Waals surface area contributed by atoms with Gasteiger partial charge in [0.2, 0.25) is 0 Å². The Kier molecular flexibility index (Phi) is 11.7. The summed E-state index contributed by atoms with van der Waals surface area (Å²) in [5.74, 6) is 0.927. The molecule has 1 aliphatic heterocycles. The molecule has 0 radical (unpaired) electrons. The summed E-state index contributed by atoms with van der Waals surface area (Å²) in [4.78, 5) is 12.5. The molecule has 2 rings (SSSR count). The average Bonchev–Trinajstić information content (AvgIpc) is 3.08. The molecule has 0 atom stereocenters. The minimum atomic E-state index is 0. The van der Waals surface area contributed by atoms with E-state index < -0.39 is 0 Å². The summed E-state index contributed by atoms with van der Waals surface area (Å²) in [6.45, 7) is 16.2. The lowest BCUT2D eigenvalue weighted by molar-refractivity contribution is 0.139. The zero-order valence-electron chi connectivity index (χ0n) is 15.9. The molecular formula is C18H34IN5S. The van der Waals surface area contributed by atoms with E-state index in [1.165, 1.54) is 42.5 Å². The Bertz CT molecular complexity index is 497. The SMILES string of the molecule is CCNC(=NCc1ccc(CC)s1)NCCN1CCN(CC)CC1.I. The molecule has 0 spiro atoms. The van der Waals surface area contributed by atoms with Gasteiger partial charge < -0.3 is 15.5 Å². The number of nitrogens with zero attached hydrogens (tertiary/aromatic N) is 3. The first-order valence-corrected chi connectivity index (χ1v) is 10.1. The second-order valence-electron chi connectivity index (χ2n) is 6.12. The van der Waals surface area contributed by atoms with Gasteiger partial charge in [0.25, 0.3) is 0 Å². The highest BCUT2D eigenvalue weighted by Gasteiger charge is 2.14. The molecule has 2 N–H and O–H groups in total. The number of hydrogen-bond donors (Lipinski definition) is 2. The maximum atomic E-state index is 4.72. The Morgan fingerprint density at radius 1 is 1.04 bits per heavy atom. The molecular weight excluding hydrogens is 445 g/mol. The van der Waals surface area contributed by atoms with Crippen molar-refractivity contribution in [3.63, 3.8) is 0 Å². The van der Waals surface area contributed by atoms with Crippen molar-refractivity contribution in [1.82, 2.24) is 20.4 Å². The van der Waals surface area contributed by atoms with Gasteiger partial charge in [-0.2, -0.15) is 0 Å². The molecule has 0 amide bonds. The van der Waals surface area contributed by atoms with Crippen LogP contribution in [-0.4, -0.2) is 68.1 Å². The van der Waals surface area contributed by atoms with E-state index in [9.17, 15) is 0 Å². The van der Waals surface area contributed by atoms with E-state index in [1.54, 1.807) is 0 Å². The third-order valence-corrected chi connectivity index (χ3v) is 5.65. The van der Waals surface area contributed by atoms with E-state index in [0.29, 0.717) is 0 Å². The van der Waals surface area contributed by atoms with E-state index in [4.69, 9.17) is 4.99 Å². The summed E-state index contributed by atoms with van der Waals surface area (Å²) in [6.07, 6.45) is 1.11. The van der Waals surface area contributed by atoms with Crippen molar-refractivity contribution in [2.45, 2.75) is 33.7 Å². The maximum Gasteiger partial charge on any atom is 0.191 e. The molecule has 5 nitrogen and oxygen atoms in total. The van der Waals surface area contributed by atoms with Crippen molar-refractivity contribution >= 4 is 41.3 Å². The van der Waals surface area contributed by atoms with Gasteiger partial charge in [0.15, 0.2) is 5.96 Å². The van der Waals surface area contributed by atoms with Crippen LogP contribution < -0.4 is 10.6 Å². The fourth-order valence-electron chi connectivity index (χ4n) is 2.86. The highest BCUT2D eigenvalue weighted by Crippen LogP contribution is 2.17. The van der Waals surface area contributed by atoms with Crippen molar-refractivity contribution in [1.29, 1.82) is 0 Å². The fourth-order valence-corrected chi connectivity index (χ4v) is 3.74. The molecule has 0 saturated carbocycles. The predicted octanol–water partition coefficient (Wildman–Crippen LogP) is 2.62. The molecule has 1 fully saturated rings. The molecule has 0 aromatic carbocycles. The van der Waals surface area contributed by atoms with Gasteiger partial charge in [-0.1, -0.05) is 13.8 Å². The van der Waals surface area contributed by atoms with Gasteiger partial charge in [-0.3, -0.25) is 4.90 Å². The molecule has 25 heavy (non-hydrogen) atoms. The first kappa shape index (κ1) is 22.7. The van der Waals surface area contributed by atoms with Crippen LogP contribution in [0.5, 0.6) is 0 Å². The molecule has 1 aromatic rings.